The van der Waals surface area contributed by atoms with Crippen molar-refractivity contribution in [3.8, 4) is 11.5 Å². The molecular formula is C26H23ClFN3O4. The Morgan fingerprint density at radius 2 is 1.86 bits per heavy atom. The standard InChI is InChI=1S/C26H23ClFN3O4/c1-15-26(33)31(14-24(32)30-21-10-9-17(34-2)13-23(21)35-3)22-11-8-16(27)12-19(22)25(29-15)18-6-4-5-7-20(18)28/h4-13,15H,14H2,1-3H3,(H,30,32)/t15-/m0/s1. The lowest BCUT2D eigenvalue weighted by molar-refractivity contribution is -0.122. The van der Waals surface area contributed by atoms with Crippen LogP contribution in [0.5, 0.6) is 11.5 Å². The Labute approximate surface area is 207 Å². The summed E-state index contributed by atoms with van der Waals surface area (Å²) in [5.41, 5.74) is 1.82. The Bertz CT molecular complexity index is 1330. The first-order valence-corrected chi connectivity index (χ1v) is 11.2. The van der Waals surface area contributed by atoms with Gasteiger partial charge < -0.3 is 19.7 Å². The number of amides is 2. The molecule has 9 heteroatoms. The summed E-state index contributed by atoms with van der Waals surface area (Å²) in [4.78, 5) is 32.2. The third-order valence-corrected chi connectivity index (χ3v) is 5.80. The summed E-state index contributed by atoms with van der Waals surface area (Å²) in [5, 5.41) is 3.16. The lowest BCUT2D eigenvalue weighted by Crippen LogP contribution is -2.42. The van der Waals surface area contributed by atoms with E-state index in [9.17, 15) is 14.0 Å². The Balaban J connectivity index is 1.71. The first kappa shape index (κ1) is 24.2. The molecule has 1 aliphatic rings. The third-order valence-electron chi connectivity index (χ3n) is 5.56. The van der Waals surface area contributed by atoms with Crippen LogP contribution in [0.25, 0.3) is 0 Å². The van der Waals surface area contributed by atoms with E-state index in [-0.39, 0.29) is 12.1 Å². The van der Waals surface area contributed by atoms with E-state index in [1.807, 2.05) is 0 Å². The van der Waals surface area contributed by atoms with Crippen molar-refractivity contribution >= 4 is 40.5 Å². The minimum Gasteiger partial charge on any atom is -0.497 e. The Kier molecular flexibility index (Phi) is 7.02. The molecule has 0 fully saturated rings. The van der Waals surface area contributed by atoms with Crippen molar-refractivity contribution in [2.75, 3.05) is 31.0 Å². The van der Waals surface area contributed by atoms with Crippen molar-refractivity contribution in [2.45, 2.75) is 13.0 Å². The van der Waals surface area contributed by atoms with Crippen LogP contribution < -0.4 is 19.7 Å². The zero-order valence-electron chi connectivity index (χ0n) is 19.3. The zero-order chi connectivity index (χ0) is 25.1. The molecule has 7 nitrogen and oxygen atoms in total. The van der Waals surface area contributed by atoms with Gasteiger partial charge >= 0.3 is 0 Å². The van der Waals surface area contributed by atoms with Gasteiger partial charge in [-0.2, -0.15) is 0 Å². The normalized spacial score (nSPS) is 15.1. The van der Waals surface area contributed by atoms with Crippen molar-refractivity contribution in [2.24, 2.45) is 4.99 Å². The van der Waals surface area contributed by atoms with Gasteiger partial charge in [0.2, 0.25) is 5.91 Å². The molecule has 2 amide bonds. The van der Waals surface area contributed by atoms with E-state index in [2.05, 4.69) is 10.3 Å². The molecule has 1 aliphatic heterocycles. The van der Waals surface area contributed by atoms with E-state index in [1.54, 1.807) is 61.5 Å². The van der Waals surface area contributed by atoms with Gasteiger partial charge in [-0.1, -0.05) is 23.7 Å². The number of rotatable bonds is 6. The summed E-state index contributed by atoms with van der Waals surface area (Å²) < 4.78 is 25.2. The van der Waals surface area contributed by atoms with Crippen molar-refractivity contribution < 1.29 is 23.5 Å². The molecule has 35 heavy (non-hydrogen) atoms. The average molecular weight is 496 g/mol. The van der Waals surface area contributed by atoms with Gasteiger partial charge in [0.25, 0.3) is 5.91 Å². The molecule has 0 unspecified atom stereocenters. The van der Waals surface area contributed by atoms with Crippen molar-refractivity contribution in [3.05, 3.63) is 82.6 Å². The molecule has 3 aromatic carbocycles. The maximum Gasteiger partial charge on any atom is 0.252 e. The van der Waals surface area contributed by atoms with E-state index >= 15 is 0 Å². The number of aliphatic imine (C=N–C) groups is 1. The van der Waals surface area contributed by atoms with Gasteiger partial charge in [0.15, 0.2) is 0 Å². The third kappa shape index (κ3) is 4.97. The van der Waals surface area contributed by atoms with Crippen LogP contribution in [-0.4, -0.2) is 44.3 Å². The number of anilines is 2. The molecule has 1 atom stereocenters. The van der Waals surface area contributed by atoms with Gasteiger partial charge in [-0.15, -0.1) is 0 Å². The monoisotopic (exact) mass is 495 g/mol. The van der Waals surface area contributed by atoms with Crippen LogP contribution in [0, 0.1) is 5.82 Å². The second kappa shape index (κ2) is 10.1. The molecular weight excluding hydrogens is 473 g/mol. The van der Waals surface area contributed by atoms with Crippen LogP contribution in [0.1, 0.15) is 18.1 Å². The molecule has 0 aliphatic carbocycles. The van der Waals surface area contributed by atoms with Gasteiger partial charge in [-0.3, -0.25) is 14.6 Å². The molecule has 0 radical (unpaired) electrons. The first-order valence-electron chi connectivity index (χ1n) is 10.8. The fourth-order valence-corrected chi connectivity index (χ4v) is 4.03. The quantitative estimate of drug-likeness (QED) is 0.537. The topological polar surface area (TPSA) is 80.2 Å². The van der Waals surface area contributed by atoms with E-state index in [0.717, 1.165) is 0 Å². The highest BCUT2D eigenvalue weighted by atomic mass is 35.5. The van der Waals surface area contributed by atoms with Crippen LogP contribution in [0.2, 0.25) is 5.02 Å². The molecule has 0 saturated heterocycles. The number of ether oxygens (including phenoxy) is 2. The Morgan fingerprint density at radius 1 is 1.09 bits per heavy atom. The summed E-state index contributed by atoms with van der Waals surface area (Å²) >= 11 is 6.26. The lowest BCUT2D eigenvalue weighted by Gasteiger charge is -2.24. The highest BCUT2D eigenvalue weighted by molar-refractivity contribution is 6.32. The molecule has 0 spiro atoms. The van der Waals surface area contributed by atoms with Crippen molar-refractivity contribution in [1.82, 2.24) is 0 Å². The average Bonchev–Trinajstić information content (AvgIpc) is 2.95. The minimum absolute atomic E-state index is 0.241. The van der Waals surface area contributed by atoms with Gasteiger partial charge in [0, 0.05) is 22.2 Å². The van der Waals surface area contributed by atoms with Gasteiger partial charge in [0.1, 0.15) is 29.9 Å². The zero-order valence-corrected chi connectivity index (χ0v) is 20.1. The maximum atomic E-state index is 14.7. The number of benzodiazepines with no additional fused rings is 1. The van der Waals surface area contributed by atoms with Gasteiger partial charge in [-0.25, -0.2) is 4.39 Å². The van der Waals surface area contributed by atoms with Crippen LogP contribution in [-0.2, 0) is 9.59 Å². The van der Waals surface area contributed by atoms with Crippen molar-refractivity contribution in [3.63, 3.8) is 0 Å². The van der Waals surface area contributed by atoms with Crippen molar-refractivity contribution in [1.29, 1.82) is 0 Å². The minimum atomic E-state index is -0.862. The highest BCUT2D eigenvalue weighted by Gasteiger charge is 2.32. The van der Waals surface area contributed by atoms with Gasteiger partial charge in [0.05, 0.1) is 31.3 Å². The number of carbonyl (C=O) groups excluding carboxylic acids is 2. The van der Waals surface area contributed by atoms with E-state index in [1.165, 1.54) is 25.2 Å². The van der Waals surface area contributed by atoms with Crippen LogP contribution in [0.4, 0.5) is 15.8 Å². The van der Waals surface area contributed by atoms with E-state index in [0.29, 0.717) is 39.2 Å². The fraction of sp³-hybridized carbons (Fsp3) is 0.192. The number of methoxy groups -OCH3 is 2. The summed E-state index contributed by atoms with van der Waals surface area (Å²) in [6.07, 6.45) is 0. The number of benzene rings is 3. The number of fused-ring (bicyclic) bond motifs is 1. The van der Waals surface area contributed by atoms with E-state index in [4.69, 9.17) is 21.1 Å². The Morgan fingerprint density at radius 3 is 2.57 bits per heavy atom. The number of nitrogens with zero attached hydrogens (tertiary/aromatic N) is 2. The number of halogens is 2. The SMILES string of the molecule is COc1ccc(NC(=O)CN2C(=O)[C@H](C)N=C(c3ccccc3F)c3cc(Cl)ccc32)c(OC)c1. The molecule has 0 aromatic heterocycles. The number of carbonyl (C=O) groups is 2. The first-order chi connectivity index (χ1) is 16.8. The molecule has 180 valence electrons. The molecule has 1 heterocycles. The summed E-state index contributed by atoms with van der Waals surface area (Å²) in [6.45, 7) is 1.31. The van der Waals surface area contributed by atoms with E-state index < -0.39 is 23.7 Å². The molecule has 3 aromatic rings. The lowest BCUT2D eigenvalue weighted by atomic mass is 9.99. The van der Waals surface area contributed by atoms with Gasteiger partial charge in [-0.05, 0) is 49.4 Å². The van der Waals surface area contributed by atoms with Crippen LogP contribution in [0.3, 0.4) is 0 Å². The summed E-state index contributed by atoms with van der Waals surface area (Å²) in [7, 11) is 3.01. The molecule has 1 N–H and O–H groups in total. The predicted octanol–water partition coefficient (Wildman–Crippen LogP) is 4.71. The highest BCUT2D eigenvalue weighted by Crippen LogP contribution is 2.32. The molecule has 4 rings (SSSR count). The molecule has 0 saturated carbocycles. The summed E-state index contributed by atoms with van der Waals surface area (Å²) in [5.74, 6) is -0.360. The Hall–Kier alpha value is -3.91. The second-order valence-corrected chi connectivity index (χ2v) is 8.27. The molecule has 0 bridgehead atoms. The second-order valence-electron chi connectivity index (χ2n) is 7.83. The predicted molar refractivity (Wildman–Crippen MR) is 133 cm³/mol. The van der Waals surface area contributed by atoms with Crippen LogP contribution >= 0.6 is 11.6 Å². The number of hydrogen-bond acceptors (Lipinski definition) is 5. The fourth-order valence-electron chi connectivity index (χ4n) is 3.86. The largest absolute Gasteiger partial charge is 0.497 e. The number of hydrogen-bond donors (Lipinski definition) is 1. The summed E-state index contributed by atoms with van der Waals surface area (Å²) in [6, 6.07) is 15.2. The van der Waals surface area contributed by atoms with Crippen LogP contribution in [0.15, 0.2) is 65.7 Å². The maximum absolute atomic E-state index is 14.7. The smallest absolute Gasteiger partial charge is 0.252 e. The number of nitrogens with one attached hydrogen (secondary N) is 1.